The van der Waals surface area contributed by atoms with E-state index in [9.17, 15) is 4.79 Å². The molecule has 3 atom stereocenters. The van der Waals surface area contributed by atoms with Crippen LogP contribution in [0.4, 0.5) is 5.69 Å². The average molecular weight is 423 g/mol. The van der Waals surface area contributed by atoms with Crippen LogP contribution in [0, 0.1) is 18.3 Å². The second kappa shape index (κ2) is 8.99. The number of benzene rings is 2. The van der Waals surface area contributed by atoms with Crippen molar-refractivity contribution in [2.24, 2.45) is 10.9 Å². The number of nitrogens with zero attached hydrogens (tertiary/aromatic N) is 2. The van der Waals surface area contributed by atoms with Crippen LogP contribution in [0.5, 0.6) is 0 Å². The van der Waals surface area contributed by atoms with Crippen LogP contribution < -0.4 is 21.1 Å². The molecule has 8 heteroatoms. The van der Waals surface area contributed by atoms with Gasteiger partial charge in [-0.2, -0.15) is 0 Å². The van der Waals surface area contributed by atoms with E-state index in [1.165, 1.54) is 11.8 Å². The predicted octanol–water partition coefficient (Wildman–Crippen LogP) is 2.64. The number of carbonyl (C=O) groups is 1. The van der Waals surface area contributed by atoms with Crippen molar-refractivity contribution in [1.29, 1.82) is 5.41 Å². The van der Waals surface area contributed by atoms with E-state index < -0.39 is 0 Å². The molecular formula is C22H26N6OS. The van der Waals surface area contributed by atoms with Crippen LogP contribution in [0.2, 0.25) is 0 Å². The number of hydrogen-bond acceptors (Lipinski definition) is 6. The van der Waals surface area contributed by atoms with E-state index in [1.54, 1.807) is 0 Å². The lowest BCUT2D eigenvalue weighted by atomic mass is 9.96. The molecule has 0 bridgehead atoms. The number of aryl methyl sites for hydroxylation is 1. The number of rotatable bonds is 5. The van der Waals surface area contributed by atoms with E-state index in [4.69, 9.17) is 10.4 Å². The summed E-state index contributed by atoms with van der Waals surface area (Å²) in [5.74, 6) is 0.597. The van der Waals surface area contributed by atoms with Gasteiger partial charge in [-0.1, -0.05) is 60.3 Å². The molecule has 1 fully saturated rings. The second-order valence-electron chi connectivity index (χ2n) is 7.52. The Kier molecular flexibility index (Phi) is 6.17. The first kappa shape index (κ1) is 20.6. The maximum Gasteiger partial charge on any atom is 0.230 e. The van der Waals surface area contributed by atoms with Crippen molar-refractivity contribution < 1.29 is 4.79 Å². The van der Waals surface area contributed by atoms with Gasteiger partial charge in [0.1, 0.15) is 12.0 Å². The molecule has 3 unspecified atom stereocenters. The third-order valence-electron chi connectivity index (χ3n) is 5.36. The van der Waals surface area contributed by atoms with Gasteiger partial charge in [0.05, 0.1) is 17.4 Å². The molecule has 4 N–H and O–H groups in total. The summed E-state index contributed by atoms with van der Waals surface area (Å²) in [7, 11) is 0. The Labute approximate surface area is 180 Å². The van der Waals surface area contributed by atoms with Crippen molar-refractivity contribution in [2.45, 2.75) is 32.6 Å². The van der Waals surface area contributed by atoms with Crippen LogP contribution >= 0.6 is 11.8 Å². The van der Waals surface area contributed by atoms with Gasteiger partial charge in [-0.25, -0.2) is 10.4 Å². The first-order valence-electron chi connectivity index (χ1n) is 10.0. The highest BCUT2D eigenvalue weighted by Gasteiger charge is 2.43. The molecule has 1 saturated heterocycles. The smallest absolute Gasteiger partial charge is 0.230 e. The molecule has 30 heavy (non-hydrogen) atoms. The number of amidine groups is 2. The lowest BCUT2D eigenvalue weighted by molar-refractivity contribution is -0.118. The van der Waals surface area contributed by atoms with Crippen LogP contribution in [0.15, 0.2) is 59.6 Å². The van der Waals surface area contributed by atoms with Crippen molar-refractivity contribution in [2.75, 3.05) is 10.7 Å². The zero-order valence-corrected chi connectivity index (χ0v) is 17.9. The van der Waals surface area contributed by atoms with E-state index in [0.717, 1.165) is 16.8 Å². The molecule has 4 rings (SSSR count). The van der Waals surface area contributed by atoms with Crippen LogP contribution in [0.1, 0.15) is 18.1 Å². The maximum atomic E-state index is 12.4. The Morgan fingerprint density at radius 2 is 1.90 bits per heavy atom. The standard InChI is InChI=1S/C22H26N6OS/c1-14-8-6-7-11-17(14)28-20(23)19-15(2)26-27-21(19)25-22(28)30-13-18(29)24-12-16-9-4-3-5-10-16/h3-11,15,19,21,23,26-27H,12-13H2,1-2H3,(H,24,29). The zero-order valence-electron chi connectivity index (χ0n) is 17.1. The van der Waals surface area contributed by atoms with Gasteiger partial charge in [0.15, 0.2) is 5.17 Å². The van der Waals surface area contributed by atoms with Gasteiger partial charge < -0.3 is 5.32 Å². The molecule has 0 saturated carbocycles. The summed E-state index contributed by atoms with van der Waals surface area (Å²) in [5, 5.41) is 12.5. The summed E-state index contributed by atoms with van der Waals surface area (Å²) in [5.41, 5.74) is 9.41. The van der Waals surface area contributed by atoms with Crippen LogP contribution in [0.25, 0.3) is 0 Å². The molecule has 2 aliphatic rings. The molecule has 0 spiro atoms. The van der Waals surface area contributed by atoms with E-state index in [-0.39, 0.29) is 29.8 Å². The van der Waals surface area contributed by atoms with Gasteiger partial charge in [0.25, 0.3) is 0 Å². The number of carbonyl (C=O) groups excluding carboxylic acids is 1. The number of fused-ring (bicyclic) bond motifs is 1. The number of anilines is 1. The van der Waals surface area contributed by atoms with E-state index in [2.05, 4.69) is 16.2 Å². The molecular weight excluding hydrogens is 396 g/mol. The maximum absolute atomic E-state index is 12.4. The van der Waals surface area contributed by atoms with Gasteiger partial charge in [0.2, 0.25) is 5.91 Å². The summed E-state index contributed by atoms with van der Waals surface area (Å²) in [6, 6.07) is 17.9. The molecule has 0 aromatic heterocycles. The van der Waals surface area contributed by atoms with Gasteiger partial charge in [-0.05, 0) is 31.0 Å². The average Bonchev–Trinajstić information content (AvgIpc) is 3.13. The van der Waals surface area contributed by atoms with E-state index >= 15 is 0 Å². The number of aliphatic imine (C=N–C) groups is 1. The third-order valence-corrected chi connectivity index (χ3v) is 6.31. The van der Waals surface area contributed by atoms with E-state index in [0.29, 0.717) is 17.5 Å². The Balaban J connectivity index is 1.50. The molecule has 0 aliphatic carbocycles. The fourth-order valence-corrected chi connectivity index (χ4v) is 4.60. The number of para-hydroxylation sites is 1. The van der Waals surface area contributed by atoms with Gasteiger partial charge in [-0.15, -0.1) is 0 Å². The molecule has 156 valence electrons. The molecule has 2 aliphatic heterocycles. The predicted molar refractivity (Wildman–Crippen MR) is 123 cm³/mol. The first-order chi connectivity index (χ1) is 14.5. The monoisotopic (exact) mass is 422 g/mol. The second-order valence-corrected chi connectivity index (χ2v) is 8.46. The Hall–Kier alpha value is -2.68. The Bertz CT molecular complexity index is 963. The summed E-state index contributed by atoms with van der Waals surface area (Å²) in [6.45, 7) is 4.57. The van der Waals surface area contributed by atoms with Crippen molar-refractivity contribution in [3.05, 3.63) is 65.7 Å². The highest BCUT2D eigenvalue weighted by molar-refractivity contribution is 8.14. The van der Waals surface area contributed by atoms with Crippen molar-refractivity contribution in [1.82, 2.24) is 16.2 Å². The summed E-state index contributed by atoms with van der Waals surface area (Å²) in [4.78, 5) is 19.2. The third kappa shape index (κ3) is 4.26. The SMILES string of the molecule is Cc1ccccc1N1C(=N)C2C(C)NNC2N=C1SCC(=O)NCc1ccccc1. The fourth-order valence-electron chi connectivity index (χ4n) is 3.72. The largest absolute Gasteiger partial charge is 0.351 e. The van der Waals surface area contributed by atoms with Crippen molar-refractivity contribution >= 4 is 34.4 Å². The lowest BCUT2D eigenvalue weighted by Gasteiger charge is -2.36. The molecule has 7 nitrogen and oxygen atoms in total. The highest BCUT2D eigenvalue weighted by atomic mass is 32.2. The van der Waals surface area contributed by atoms with Crippen LogP contribution in [0.3, 0.4) is 0 Å². The molecule has 2 aromatic rings. The number of nitrogens with one attached hydrogen (secondary N) is 4. The number of amides is 1. The van der Waals surface area contributed by atoms with Crippen LogP contribution in [-0.2, 0) is 11.3 Å². The lowest BCUT2D eigenvalue weighted by Crippen LogP contribution is -2.50. The Morgan fingerprint density at radius 1 is 1.17 bits per heavy atom. The van der Waals surface area contributed by atoms with Crippen molar-refractivity contribution in [3.63, 3.8) is 0 Å². The quantitative estimate of drug-likeness (QED) is 0.595. The number of hydrogen-bond donors (Lipinski definition) is 4. The normalized spacial score (nSPS) is 23.1. The Morgan fingerprint density at radius 3 is 2.67 bits per heavy atom. The minimum Gasteiger partial charge on any atom is -0.351 e. The number of hydrazine groups is 1. The minimum atomic E-state index is -0.206. The van der Waals surface area contributed by atoms with Crippen LogP contribution in [-0.4, -0.2) is 34.9 Å². The van der Waals surface area contributed by atoms with Crippen molar-refractivity contribution in [3.8, 4) is 0 Å². The summed E-state index contributed by atoms with van der Waals surface area (Å²) >= 11 is 1.36. The molecule has 2 heterocycles. The van der Waals surface area contributed by atoms with Gasteiger partial charge in [-0.3, -0.25) is 20.5 Å². The van der Waals surface area contributed by atoms with E-state index in [1.807, 2.05) is 73.3 Å². The first-order valence-corrected chi connectivity index (χ1v) is 11.0. The van der Waals surface area contributed by atoms with Gasteiger partial charge in [0, 0.05) is 12.6 Å². The zero-order chi connectivity index (χ0) is 21.1. The summed E-state index contributed by atoms with van der Waals surface area (Å²) < 4.78 is 0. The highest BCUT2D eigenvalue weighted by Crippen LogP contribution is 2.33. The molecule has 1 amide bonds. The van der Waals surface area contributed by atoms with Gasteiger partial charge >= 0.3 is 0 Å². The molecule has 2 aromatic carbocycles. The minimum absolute atomic E-state index is 0.0594. The topological polar surface area (TPSA) is 92.6 Å². The fraction of sp³-hybridized carbons (Fsp3) is 0.318. The number of thioether (sulfide) groups is 1. The molecule has 0 radical (unpaired) electrons. The summed E-state index contributed by atoms with van der Waals surface area (Å²) in [6.07, 6.45) is -0.206.